The summed E-state index contributed by atoms with van der Waals surface area (Å²) in [5.74, 6) is 3.62. The maximum Gasteiger partial charge on any atom is 0.0190 e. The van der Waals surface area contributed by atoms with Gasteiger partial charge in [0.1, 0.15) is 0 Å². The summed E-state index contributed by atoms with van der Waals surface area (Å²) in [6.07, 6.45) is 9.93. The van der Waals surface area contributed by atoms with Crippen LogP contribution in [0.5, 0.6) is 0 Å². The van der Waals surface area contributed by atoms with Crippen molar-refractivity contribution in [1.82, 2.24) is 0 Å². The minimum Gasteiger partial charge on any atom is -0.120 e. The minimum absolute atomic E-state index is 0.0129. The minimum atomic E-state index is -0.0129. The number of allylic oxidation sites excluding steroid dienone is 1. The third kappa shape index (κ3) is 2.69. The maximum absolute atomic E-state index is 5.66. The molecule has 0 amide bonds. The lowest BCUT2D eigenvalue weighted by Crippen LogP contribution is -2.26. The van der Waals surface area contributed by atoms with Crippen LogP contribution in [0, 0.1) is 17.8 Å². The van der Waals surface area contributed by atoms with Gasteiger partial charge in [-0.25, -0.2) is 0 Å². The lowest BCUT2D eigenvalue weighted by atomic mass is 9.65. The molecule has 0 heteroatoms. The number of hydrogen-bond donors (Lipinski definition) is 0. The average Bonchev–Trinajstić information content (AvgIpc) is 3.29. The van der Waals surface area contributed by atoms with E-state index >= 15 is 0 Å². The number of fused-ring (bicyclic) bond motifs is 4. The van der Waals surface area contributed by atoms with Crippen molar-refractivity contribution in [2.45, 2.75) is 38.5 Å². The second-order valence-electron chi connectivity index (χ2n) is 8.85. The van der Waals surface area contributed by atoms with Gasteiger partial charge in [0, 0.05) is 18.3 Å². The van der Waals surface area contributed by atoms with E-state index in [2.05, 4.69) is 98.6 Å². The fraction of sp³-hybridized carbons (Fsp3) is 0.241. The van der Waals surface area contributed by atoms with Crippen LogP contribution < -0.4 is 0 Å². The quantitative estimate of drug-likeness (QED) is 0.417. The third-order valence-corrected chi connectivity index (χ3v) is 6.93. The first-order valence-corrected chi connectivity index (χ1v) is 10.6. The van der Waals surface area contributed by atoms with Crippen molar-refractivity contribution < 1.29 is 0 Å². The summed E-state index contributed by atoms with van der Waals surface area (Å²) >= 11 is 0. The van der Waals surface area contributed by atoms with Crippen molar-refractivity contribution in [2.75, 3.05) is 0 Å². The van der Waals surface area contributed by atoms with E-state index in [1.165, 1.54) is 39.0 Å². The fourth-order valence-corrected chi connectivity index (χ4v) is 5.67. The van der Waals surface area contributed by atoms with Crippen molar-refractivity contribution in [2.24, 2.45) is 5.41 Å². The maximum atomic E-state index is 5.66. The molecule has 5 rings (SSSR count). The molecule has 2 aliphatic rings. The summed E-state index contributed by atoms with van der Waals surface area (Å²) in [5.41, 5.74) is 9.97. The van der Waals surface area contributed by atoms with Crippen molar-refractivity contribution >= 4 is 6.08 Å². The van der Waals surface area contributed by atoms with E-state index < -0.39 is 0 Å². The number of benzene rings is 3. The Bertz CT molecular complexity index is 1110. The monoisotopic (exact) mass is 374 g/mol. The number of hydrogen-bond acceptors (Lipinski definition) is 0. The summed E-state index contributed by atoms with van der Waals surface area (Å²) in [6, 6.07) is 26.7. The van der Waals surface area contributed by atoms with Crippen molar-refractivity contribution in [3.05, 3.63) is 101 Å². The highest BCUT2D eigenvalue weighted by atomic mass is 14.5. The van der Waals surface area contributed by atoms with Gasteiger partial charge in [0.2, 0.25) is 0 Å². The zero-order valence-electron chi connectivity index (χ0n) is 17.2. The molecule has 0 aliphatic heterocycles. The van der Waals surface area contributed by atoms with Gasteiger partial charge in [0.15, 0.2) is 0 Å². The highest BCUT2D eigenvalue weighted by Gasteiger charge is 2.44. The van der Waals surface area contributed by atoms with Crippen molar-refractivity contribution in [3.8, 4) is 23.5 Å². The summed E-state index contributed by atoms with van der Waals surface area (Å²) in [4.78, 5) is 0. The van der Waals surface area contributed by atoms with Gasteiger partial charge in [-0.15, -0.1) is 12.3 Å². The molecule has 0 fully saturated rings. The van der Waals surface area contributed by atoms with E-state index in [0.717, 1.165) is 12.8 Å². The van der Waals surface area contributed by atoms with Gasteiger partial charge < -0.3 is 0 Å². The number of terminal acetylenes is 1. The molecule has 1 atom stereocenters. The standard InChI is InChI=1S/C29H26/c1-4-5-13-24-21-14-7-6-12-20(21)19-27(24)29(2,3)28-25-17-10-8-15-22(25)23-16-9-11-18-26(23)28/h1,6-12,14-19,24,28H,5,13H2,2-3H3. The molecule has 0 spiro atoms. The molecule has 0 radical (unpaired) electrons. The molecule has 142 valence electrons. The second kappa shape index (κ2) is 6.78. The fourth-order valence-electron chi connectivity index (χ4n) is 5.67. The predicted molar refractivity (Wildman–Crippen MR) is 123 cm³/mol. The van der Waals surface area contributed by atoms with E-state index in [0.29, 0.717) is 11.8 Å². The lowest BCUT2D eigenvalue weighted by Gasteiger charge is -2.38. The average molecular weight is 375 g/mol. The molecule has 0 saturated carbocycles. The highest BCUT2D eigenvalue weighted by Crippen LogP contribution is 2.59. The third-order valence-electron chi connectivity index (χ3n) is 6.93. The Morgan fingerprint density at radius 3 is 1.97 bits per heavy atom. The Labute approximate surface area is 174 Å². The Morgan fingerprint density at radius 1 is 0.793 bits per heavy atom. The Kier molecular flexibility index (Phi) is 4.21. The van der Waals surface area contributed by atoms with Crippen LogP contribution in [0.3, 0.4) is 0 Å². The molecule has 0 heterocycles. The largest absolute Gasteiger partial charge is 0.120 e. The van der Waals surface area contributed by atoms with Crippen molar-refractivity contribution in [1.29, 1.82) is 0 Å². The summed E-state index contributed by atoms with van der Waals surface area (Å²) in [5, 5.41) is 0. The van der Waals surface area contributed by atoms with Crippen LogP contribution in [-0.4, -0.2) is 0 Å². The van der Waals surface area contributed by atoms with Gasteiger partial charge in [-0.1, -0.05) is 98.3 Å². The van der Waals surface area contributed by atoms with Crippen LogP contribution in [0.15, 0.2) is 78.4 Å². The normalized spacial score (nSPS) is 17.3. The molecule has 0 bridgehead atoms. The molecule has 0 saturated heterocycles. The summed E-state index contributed by atoms with van der Waals surface area (Å²) in [6.45, 7) is 4.86. The molecule has 3 aromatic carbocycles. The first-order valence-electron chi connectivity index (χ1n) is 10.6. The van der Waals surface area contributed by atoms with Crippen LogP contribution in [0.2, 0.25) is 0 Å². The second-order valence-corrected chi connectivity index (χ2v) is 8.85. The van der Waals surface area contributed by atoms with Gasteiger partial charge in [-0.2, -0.15) is 0 Å². The zero-order valence-corrected chi connectivity index (χ0v) is 17.2. The Morgan fingerprint density at radius 2 is 1.34 bits per heavy atom. The molecule has 1 unspecified atom stereocenters. The predicted octanol–water partition coefficient (Wildman–Crippen LogP) is 7.42. The molecule has 0 nitrogen and oxygen atoms in total. The van der Waals surface area contributed by atoms with Crippen LogP contribution >= 0.6 is 0 Å². The van der Waals surface area contributed by atoms with E-state index in [1.54, 1.807) is 0 Å². The van der Waals surface area contributed by atoms with Crippen LogP contribution in [0.25, 0.3) is 17.2 Å². The molecular formula is C29H26. The topological polar surface area (TPSA) is 0 Å². The van der Waals surface area contributed by atoms with Crippen LogP contribution in [0.4, 0.5) is 0 Å². The smallest absolute Gasteiger partial charge is 0.0190 e. The molecular weight excluding hydrogens is 348 g/mol. The molecule has 0 N–H and O–H groups in total. The van der Waals surface area contributed by atoms with Gasteiger partial charge in [-0.3, -0.25) is 0 Å². The molecule has 0 aromatic heterocycles. The first-order chi connectivity index (χ1) is 14.1. The van der Waals surface area contributed by atoms with Crippen LogP contribution in [0.1, 0.15) is 60.8 Å². The highest BCUT2D eigenvalue weighted by molar-refractivity contribution is 5.80. The van der Waals surface area contributed by atoms with E-state index in [4.69, 9.17) is 6.42 Å². The van der Waals surface area contributed by atoms with E-state index in [9.17, 15) is 0 Å². The van der Waals surface area contributed by atoms with Crippen molar-refractivity contribution in [3.63, 3.8) is 0 Å². The Balaban J connectivity index is 1.66. The molecule has 2 aliphatic carbocycles. The zero-order chi connectivity index (χ0) is 20.0. The molecule has 3 aromatic rings. The van der Waals surface area contributed by atoms with Gasteiger partial charge in [-0.05, 0) is 45.2 Å². The van der Waals surface area contributed by atoms with E-state index in [1.807, 2.05) is 0 Å². The molecule has 29 heavy (non-hydrogen) atoms. The SMILES string of the molecule is C#CCCC1C(C(C)(C)C2c3ccccc3-c3ccccc32)=Cc2ccccc21. The van der Waals surface area contributed by atoms with Crippen LogP contribution in [-0.2, 0) is 0 Å². The first kappa shape index (κ1) is 18.0. The van der Waals surface area contributed by atoms with Gasteiger partial charge in [0.05, 0.1) is 0 Å². The number of rotatable bonds is 4. The summed E-state index contributed by atoms with van der Waals surface area (Å²) < 4.78 is 0. The van der Waals surface area contributed by atoms with Gasteiger partial charge in [0.25, 0.3) is 0 Å². The Hall–Kier alpha value is -3.04. The van der Waals surface area contributed by atoms with Gasteiger partial charge >= 0.3 is 0 Å². The van der Waals surface area contributed by atoms with E-state index in [-0.39, 0.29) is 5.41 Å². The summed E-state index contributed by atoms with van der Waals surface area (Å²) in [7, 11) is 0. The lowest BCUT2D eigenvalue weighted by molar-refractivity contribution is 0.370.